The Morgan fingerprint density at radius 1 is 1.42 bits per heavy atom. The number of fused-ring (bicyclic) bond motifs is 1. The number of aryl methyl sites for hydroxylation is 1. The smallest absolute Gasteiger partial charge is 0.234 e. The third kappa shape index (κ3) is 2.40. The van der Waals surface area contributed by atoms with Crippen molar-refractivity contribution in [2.24, 2.45) is 0 Å². The Balaban J connectivity index is 1.81. The van der Waals surface area contributed by atoms with Crippen molar-refractivity contribution in [3.8, 4) is 0 Å². The Morgan fingerprint density at radius 2 is 2.26 bits per heavy atom. The van der Waals surface area contributed by atoms with Gasteiger partial charge in [0, 0.05) is 12.5 Å². The van der Waals surface area contributed by atoms with Gasteiger partial charge in [0.1, 0.15) is 0 Å². The summed E-state index contributed by atoms with van der Waals surface area (Å²) in [5.74, 6) is 1.84. The van der Waals surface area contributed by atoms with E-state index in [1.165, 1.54) is 11.1 Å². The summed E-state index contributed by atoms with van der Waals surface area (Å²) < 4.78 is 5.46. The van der Waals surface area contributed by atoms with E-state index in [-0.39, 0.29) is 5.92 Å². The molecule has 100 valence electrons. The summed E-state index contributed by atoms with van der Waals surface area (Å²) in [4.78, 5) is 4.56. The van der Waals surface area contributed by atoms with Crippen LogP contribution >= 0.6 is 0 Å². The van der Waals surface area contributed by atoms with Gasteiger partial charge < -0.3 is 9.84 Å². The first-order valence-electron chi connectivity index (χ1n) is 6.85. The molecule has 1 N–H and O–H groups in total. The highest BCUT2D eigenvalue weighted by Gasteiger charge is 2.28. The molecule has 1 aliphatic carbocycles. The molecule has 0 saturated heterocycles. The molecule has 0 spiro atoms. The average molecular weight is 257 g/mol. The largest absolute Gasteiger partial charge is 0.339 e. The van der Waals surface area contributed by atoms with E-state index in [1.54, 1.807) is 0 Å². The lowest BCUT2D eigenvalue weighted by Crippen LogP contribution is -2.24. The molecule has 1 aromatic carbocycles. The van der Waals surface area contributed by atoms with Gasteiger partial charge in [-0.15, -0.1) is 0 Å². The molecule has 3 rings (SSSR count). The predicted octanol–water partition coefficient (Wildman–Crippen LogP) is 2.30. The van der Waals surface area contributed by atoms with Gasteiger partial charge in [-0.05, 0) is 37.9 Å². The molecule has 0 aliphatic heterocycles. The maximum atomic E-state index is 5.46. The molecule has 0 bridgehead atoms. The van der Waals surface area contributed by atoms with E-state index in [0.717, 1.165) is 31.0 Å². The minimum atomic E-state index is 0.280. The first-order valence-corrected chi connectivity index (χ1v) is 6.85. The van der Waals surface area contributed by atoms with Crippen molar-refractivity contribution in [2.75, 3.05) is 7.05 Å². The summed E-state index contributed by atoms with van der Waals surface area (Å²) in [6.07, 6.45) is 2.97. The molecule has 2 unspecified atom stereocenters. The van der Waals surface area contributed by atoms with Crippen molar-refractivity contribution in [3.05, 3.63) is 47.1 Å². The quantitative estimate of drug-likeness (QED) is 0.913. The predicted molar refractivity (Wildman–Crippen MR) is 73.1 cm³/mol. The zero-order valence-corrected chi connectivity index (χ0v) is 11.4. The van der Waals surface area contributed by atoms with Gasteiger partial charge in [-0.25, -0.2) is 0 Å². The van der Waals surface area contributed by atoms with Crippen LogP contribution in [-0.2, 0) is 12.8 Å². The second kappa shape index (κ2) is 5.13. The highest BCUT2D eigenvalue weighted by atomic mass is 16.5. The molecule has 4 heteroatoms. The summed E-state index contributed by atoms with van der Waals surface area (Å²) in [5, 5.41) is 7.28. The van der Waals surface area contributed by atoms with Gasteiger partial charge in [-0.1, -0.05) is 29.4 Å². The Kier molecular flexibility index (Phi) is 3.34. The third-order valence-corrected chi connectivity index (χ3v) is 3.90. The summed E-state index contributed by atoms with van der Waals surface area (Å²) >= 11 is 0. The molecule has 4 nitrogen and oxygen atoms in total. The molecule has 2 aromatic rings. The molecule has 19 heavy (non-hydrogen) atoms. The van der Waals surface area contributed by atoms with Crippen LogP contribution in [0.15, 0.2) is 28.8 Å². The van der Waals surface area contributed by atoms with Gasteiger partial charge in [0.25, 0.3) is 0 Å². The van der Waals surface area contributed by atoms with Gasteiger partial charge in [-0.3, -0.25) is 0 Å². The highest BCUT2D eigenvalue weighted by Crippen LogP contribution is 2.36. The van der Waals surface area contributed by atoms with Gasteiger partial charge in [-0.2, -0.15) is 4.98 Å². The number of rotatable bonds is 4. The van der Waals surface area contributed by atoms with E-state index in [0.29, 0.717) is 6.04 Å². The SMILES string of the molecule is CNC(C)Cc1noc(C2CCc3ccccc32)n1. The van der Waals surface area contributed by atoms with Crippen LogP contribution in [0.4, 0.5) is 0 Å². The maximum Gasteiger partial charge on any atom is 0.234 e. The average Bonchev–Trinajstić information content (AvgIpc) is 3.04. The van der Waals surface area contributed by atoms with Gasteiger partial charge >= 0.3 is 0 Å². The summed E-state index contributed by atoms with van der Waals surface area (Å²) in [6, 6.07) is 8.90. The van der Waals surface area contributed by atoms with Crippen LogP contribution in [0.1, 0.15) is 42.1 Å². The molecular formula is C15H19N3O. The highest BCUT2D eigenvalue weighted by molar-refractivity contribution is 5.37. The first kappa shape index (κ1) is 12.4. The normalized spacial score (nSPS) is 19.4. The Morgan fingerprint density at radius 3 is 3.11 bits per heavy atom. The number of hydrogen-bond acceptors (Lipinski definition) is 4. The van der Waals surface area contributed by atoms with Crippen LogP contribution in [0.25, 0.3) is 0 Å². The van der Waals surface area contributed by atoms with Crippen molar-refractivity contribution in [3.63, 3.8) is 0 Å². The van der Waals surface area contributed by atoms with Gasteiger partial charge in [0.05, 0.1) is 5.92 Å². The molecule has 1 heterocycles. The van der Waals surface area contributed by atoms with Crippen LogP contribution in [0.5, 0.6) is 0 Å². The minimum absolute atomic E-state index is 0.280. The summed E-state index contributed by atoms with van der Waals surface area (Å²) in [7, 11) is 1.94. The first-order chi connectivity index (χ1) is 9.28. The Bertz CT molecular complexity index is 564. The number of nitrogens with one attached hydrogen (secondary N) is 1. The fourth-order valence-corrected chi connectivity index (χ4v) is 2.68. The zero-order chi connectivity index (χ0) is 13.2. The van der Waals surface area contributed by atoms with Crippen molar-refractivity contribution < 1.29 is 4.52 Å². The number of nitrogens with zero attached hydrogens (tertiary/aromatic N) is 2. The molecule has 0 amide bonds. The maximum absolute atomic E-state index is 5.46. The fraction of sp³-hybridized carbons (Fsp3) is 0.467. The number of likely N-dealkylation sites (N-methyl/N-ethyl adjacent to an activating group) is 1. The summed E-state index contributed by atoms with van der Waals surface area (Å²) in [5.41, 5.74) is 2.76. The van der Waals surface area contributed by atoms with Crippen LogP contribution in [0.2, 0.25) is 0 Å². The number of aromatic nitrogens is 2. The lowest BCUT2D eigenvalue weighted by Gasteiger charge is -2.06. The second-order valence-corrected chi connectivity index (χ2v) is 5.23. The second-order valence-electron chi connectivity index (χ2n) is 5.23. The van der Waals surface area contributed by atoms with E-state index in [9.17, 15) is 0 Å². The van der Waals surface area contributed by atoms with E-state index in [4.69, 9.17) is 4.52 Å². The summed E-state index contributed by atoms with van der Waals surface area (Å²) in [6.45, 7) is 2.11. The monoisotopic (exact) mass is 257 g/mol. The lowest BCUT2D eigenvalue weighted by molar-refractivity contribution is 0.359. The minimum Gasteiger partial charge on any atom is -0.339 e. The molecule has 0 fully saturated rings. The molecule has 2 atom stereocenters. The molecule has 1 aliphatic rings. The molecule has 0 saturated carbocycles. The third-order valence-electron chi connectivity index (χ3n) is 3.90. The van der Waals surface area contributed by atoms with E-state index >= 15 is 0 Å². The topological polar surface area (TPSA) is 51.0 Å². The van der Waals surface area contributed by atoms with Crippen LogP contribution in [-0.4, -0.2) is 23.2 Å². The molecule has 0 radical (unpaired) electrons. The van der Waals surface area contributed by atoms with Crippen LogP contribution in [0, 0.1) is 0 Å². The van der Waals surface area contributed by atoms with Crippen LogP contribution < -0.4 is 5.32 Å². The molecule has 1 aromatic heterocycles. The molecular weight excluding hydrogens is 238 g/mol. The van der Waals surface area contributed by atoms with Crippen molar-refractivity contribution in [1.29, 1.82) is 0 Å². The standard InChI is InChI=1S/C15H19N3O/c1-10(16-2)9-14-17-15(19-18-14)13-8-7-11-5-3-4-6-12(11)13/h3-6,10,13,16H,7-9H2,1-2H3. The van der Waals surface area contributed by atoms with Crippen molar-refractivity contribution in [1.82, 2.24) is 15.5 Å². The van der Waals surface area contributed by atoms with E-state index in [1.807, 2.05) is 7.05 Å². The fourth-order valence-electron chi connectivity index (χ4n) is 2.68. The van der Waals surface area contributed by atoms with Gasteiger partial charge in [0.15, 0.2) is 5.82 Å². The van der Waals surface area contributed by atoms with Crippen molar-refractivity contribution >= 4 is 0 Å². The number of benzene rings is 1. The van der Waals surface area contributed by atoms with Crippen molar-refractivity contribution in [2.45, 2.75) is 38.1 Å². The van der Waals surface area contributed by atoms with Crippen LogP contribution in [0.3, 0.4) is 0 Å². The lowest BCUT2D eigenvalue weighted by atomic mass is 10.0. The Labute approximate surface area is 113 Å². The Hall–Kier alpha value is -1.68. The van der Waals surface area contributed by atoms with Gasteiger partial charge in [0.2, 0.25) is 5.89 Å². The van der Waals surface area contributed by atoms with E-state index < -0.39 is 0 Å². The number of hydrogen-bond donors (Lipinski definition) is 1. The zero-order valence-electron chi connectivity index (χ0n) is 11.4. The van der Waals surface area contributed by atoms with E-state index in [2.05, 4.69) is 46.6 Å².